The molecule has 0 aromatic heterocycles. The number of nitrogens with zero attached hydrogens (tertiary/aromatic N) is 7. The molecule has 15 aliphatic heterocycles. The average Bonchev–Trinajstić information content (AvgIpc) is 1.67. The molecule has 0 spiro atoms. The zero-order valence-corrected chi connectivity index (χ0v) is 83.8. The maximum absolute atomic E-state index is 13.2. The molecule has 3 N–H and O–H groups in total. The van der Waals surface area contributed by atoms with Crippen LogP contribution >= 0.6 is 0 Å². The number of piperidine rings is 1. The van der Waals surface area contributed by atoms with Gasteiger partial charge in [-0.1, -0.05) is 30.7 Å². The SMILES string of the molecule is COc1ccc2c(c1OC)C(=O)O[C@@H]2[C@H]1c2c(c(CN)c3c(c2OC)OCO3)CCN1C.COc1ccc2c(c1OC)C(=O)O[C@@H]2[C@H]1c2c(c(CN3CCCCC3)c3c(c2OC)OCO3)CCN1C.COc1ccc2c(c1OC)C(=O)O[C@@H]2[C@H]1c2c(c(CN3CCNCC3)c3c(c2OC)OCO3)CCN1C.COc1ccc2c(c1OC)C(=O)O[C@@H]2[C@H]1c2c(c(CN3CCOCC3)c3c(c2OC)OCO3)CCN1C. The molecule has 8 aromatic rings. The Hall–Kier alpha value is -12.8. The van der Waals surface area contributed by atoms with Gasteiger partial charge in [-0.15, -0.1) is 0 Å². The van der Waals surface area contributed by atoms with Crippen molar-refractivity contribution < 1.29 is 138 Å². The van der Waals surface area contributed by atoms with Crippen LogP contribution in [0.1, 0.15) is 198 Å². The molecule has 38 heteroatoms. The van der Waals surface area contributed by atoms with Gasteiger partial charge in [0.1, 0.15) is 46.7 Å². The molecule has 15 heterocycles. The van der Waals surface area contributed by atoms with E-state index >= 15 is 0 Å². The van der Waals surface area contributed by atoms with Gasteiger partial charge in [-0.2, -0.15) is 0 Å². The number of hydrogen-bond donors (Lipinski definition) is 2. The Balaban J connectivity index is 0.000000117. The monoisotopic (exact) mass is 1980 g/mol. The van der Waals surface area contributed by atoms with Crippen molar-refractivity contribution in [3.05, 3.63) is 160 Å². The second-order valence-electron chi connectivity index (χ2n) is 37.4. The van der Waals surface area contributed by atoms with Gasteiger partial charge in [0.15, 0.2) is 92.0 Å². The summed E-state index contributed by atoms with van der Waals surface area (Å²) in [6.07, 6.45) is 4.74. The van der Waals surface area contributed by atoms with Crippen LogP contribution in [0.25, 0.3) is 0 Å². The van der Waals surface area contributed by atoms with Crippen LogP contribution in [0.2, 0.25) is 0 Å². The molecule has 3 saturated heterocycles. The summed E-state index contributed by atoms with van der Waals surface area (Å²) in [6.45, 7) is 15.5. The molecular weight excluding hydrogens is 1850 g/mol. The minimum atomic E-state index is -0.568. The Kier molecular flexibility index (Phi) is 28.1. The zero-order chi connectivity index (χ0) is 99.6. The number of ether oxygens (including phenoxy) is 25. The Morgan fingerprint density at radius 2 is 0.552 bits per heavy atom. The van der Waals surface area contributed by atoms with Gasteiger partial charge in [0.2, 0.25) is 50.2 Å². The first-order valence-electron chi connectivity index (χ1n) is 48.6. The van der Waals surface area contributed by atoms with Crippen molar-refractivity contribution in [3.8, 4) is 115 Å². The molecule has 0 amide bonds. The zero-order valence-electron chi connectivity index (χ0n) is 83.8. The van der Waals surface area contributed by atoms with Gasteiger partial charge in [0, 0.05) is 158 Å². The normalized spacial score (nSPS) is 22.5. The van der Waals surface area contributed by atoms with Gasteiger partial charge >= 0.3 is 23.9 Å². The van der Waals surface area contributed by atoms with Crippen molar-refractivity contribution >= 4 is 23.9 Å². The molecule has 0 bridgehead atoms. The summed E-state index contributed by atoms with van der Waals surface area (Å²) in [4.78, 5) is 68.7. The van der Waals surface area contributed by atoms with E-state index in [4.69, 9.17) is 124 Å². The van der Waals surface area contributed by atoms with Crippen molar-refractivity contribution in [2.75, 3.05) is 232 Å². The van der Waals surface area contributed by atoms with E-state index in [1.165, 1.54) is 77.1 Å². The van der Waals surface area contributed by atoms with Crippen LogP contribution in [0.5, 0.6) is 115 Å². The summed E-state index contributed by atoms with van der Waals surface area (Å²) in [5, 5.41) is 3.42. The highest BCUT2D eigenvalue weighted by Gasteiger charge is 2.54. The maximum Gasteiger partial charge on any atom is 0.343 e. The Bertz CT molecular complexity index is 5810. The number of benzene rings is 8. The number of carbonyl (C=O) groups excluding carboxylic acids is 4. The van der Waals surface area contributed by atoms with Crippen LogP contribution in [0.4, 0.5) is 0 Å². The quantitative estimate of drug-likeness (QED) is 0.0444. The van der Waals surface area contributed by atoms with Crippen molar-refractivity contribution in [2.45, 2.75) is 120 Å². The molecular formula is C105H125N9O29. The minimum absolute atomic E-state index is 0.111. The number of esters is 4. The molecule has 0 saturated carbocycles. The van der Waals surface area contributed by atoms with Crippen molar-refractivity contribution in [3.63, 3.8) is 0 Å². The number of fused-ring (bicyclic) bond motifs is 12. The number of nitrogens with one attached hydrogen (secondary N) is 1. The van der Waals surface area contributed by atoms with Gasteiger partial charge in [-0.25, -0.2) is 19.2 Å². The minimum Gasteiger partial charge on any atom is -0.493 e. The summed E-state index contributed by atoms with van der Waals surface area (Å²) in [6, 6.07) is 13.7. The topological polar surface area (TPSA) is 360 Å². The molecule has 8 atom stereocenters. The van der Waals surface area contributed by atoms with Gasteiger partial charge in [-0.05, 0) is 126 Å². The fraction of sp³-hybridized carbons (Fsp3) is 0.505. The standard InChI is InChI=1S/C28H34N2O7.C27H33N3O7.C27H32N2O8.C23H26N2O7/c1-29-13-10-16-18(14-30-11-6-5-7-12-30)24-27(36-15-35-24)26(34-4)20(16)22(29)23-17-8-9-19(32-2)25(33-3)21(17)28(31)37-23;1-29-10-7-15-17(13-30-11-8-28-9-12-30)23-26(36-14-35-23)25(34-4)19(15)21(29)22-16-5-6-18(32-2)24(33-3)20(16)27(31)37-22;1-28-8-7-15-17(13-29-9-11-34-12-10-29)23-26(36-14-35-23)25(33-4)19(15)21(28)22-16-5-6-18(31-2)24(32-3)20(16)27(30)37-22;1-25-8-7-11-13(9-24)19-22(31-10-30-19)21(29-4)15(11)17(25)18-12-5-6-14(27-2)20(28-3)16(12)23(26)32-18/h8-9,22-23H,5-7,10-15H2,1-4H3;5-6,21-22,28H,7-14H2,1-4H3;5-6,21-22H,7-14H2,1-4H3;5-6,17-18H,7-10,24H2,1-4H3/t22-,23+;2*21-,22+;17-,18+/m1111/s1. The van der Waals surface area contributed by atoms with Crippen molar-refractivity contribution in [2.24, 2.45) is 5.73 Å². The van der Waals surface area contributed by atoms with E-state index in [2.05, 4.69) is 53.7 Å². The first kappa shape index (κ1) is 97.7. The van der Waals surface area contributed by atoms with Crippen LogP contribution in [0.3, 0.4) is 0 Å². The first-order valence-corrected chi connectivity index (χ1v) is 48.6. The number of piperazine rings is 1. The molecule has 8 aromatic carbocycles. The Morgan fingerprint density at radius 3 is 0.818 bits per heavy atom. The van der Waals surface area contributed by atoms with E-state index in [0.717, 1.165) is 208 Å². The van der Waals surface area contributed by atoms with Crippen molar-refractivity contribution in [1.82, 2.24) is 39.6 Å². The number of likely N-dealkylation sites (tertiary alicyclic amines) is 1. The number of methoxy groups -OCH3 is 12. The van der Waals surface area contributed by atoms with E-state index in [1.807, 2.05) is 56.6 Å². The predicted molar refractivity (Wildman–Crippen MR) is 515 cm³/mol. The van der Waals surface area contributed by atoms with Gasteiger partial charge in [0.25, 0.3) is 0 Å². The molecule has 38 nitrogen and oxygen atoms in total. The van der Waals surface area contributed by atoms with Crippen LogP contribution in [-0.2, 0) is 75.5 Å². The van der Waals surface area contributed by atoms with Crippen molar-refractivity contribution in [1.29, 1.82) is 0 Å². The second kappa shape index (κ2) is 41.2. The van der Waals surface area contributed by atoms with E-state index in [9.17, 15) is 19.2 Å². The predicted octanol–water partition coefficient (Wildman–Crippen LogP) is 11.2. The highest BCUT2D eigenvalue weighted by atomic mass is 16.7. The lowest BCUT2D eigenvalue weighted by atomic mass is 9.82. The van der Waals surface area contributed by atoms with Crippen LogP contribution < -0.4 is 106 Å². The maximum atomic E-state index is 13.2. The van der Waals surface area contributed by atoms with Gasteiger partial charge in [-0.3, -0.25) is 34.3 Å². The number of likely N-dealkylation sites (N-methyl/N-ethyl adjacent to an activating group) is 4. The van der Waals surface area contributed by atoms with Crippen LogP contribution in [0.15, 0.2) is 48.5 Å². The number of hydrogen-bond acceptors (Lipinski definition) is 38. The third-order valence-corrected chi connectivity index (χ3v) is 30.4. The number of carbonyl (C=O) groups is 4. The lowest BCUT2D eigenvalue weighted by Gasteiger charge is -2.40. The highest BCUT2D eigenvalue weighted by Crippen LogP contribution is 2.64. The first-order chi connectivity index (χ1) is 69.7. The molecule has 0 aliphatic carbocycles. The summed E-state index contributed by atoms with van der Waals surface area (Å²) in [7, 11) is 27.1. The van der Waals surface area contributed by atoms with E-state index in [1.54, 1.807) is 55.8 Å². The molecule has 15 aliphatic rings. The Morgan fingerprint density at radius 1 is 0.301 bits per heavy atom. The molecule has 764 valence electrons. The van der Waals surface area contributed by atoms with Gasteiger partial charge < -0.3 is 129 Å². The van der Waals surface area contributed by atoms with Crippen LogP contribution in [-0.4, -0.2) is 291 Å². The molecule has 143 heavy (non-hydrogen) atoms. The molecule has 0 radical (unpaired) electrons. The van der Waals surface area contributed by atoms with E-state index in [0.29, 0.717) is 140 Å². The summed E-state index contributed by atoms with van der Waals surface area (Å²) >= 11 is 0. The highest BCUT2D eigenvalue weighted by molar-refractivity contribution is 6.01. The smallest absolute Gasteiger partial charge is 0.343 e. The van der Waals surface area contributed by atoms with Crippen LogP contribution in [0, 0.1) is 0 Å². The number of cyclic esters (lactones) is 4. The van der Waals surface area contributed by atoms with E-state index < -0.39 is 48.3 Å². The number of morpholine rings is 1. The Labute approximate surface area is 829 Å². The summed E-state index contributed by atoms with van der Waals surface area (Å²) < 4.78 is 145. The van der Waals surface area contributed by atoms with E-state index in [-0.39, 0.29) is 51.3 Å². The lowest BCUT2D eigenvalue weighted by molar-refractivity contribution is 0.00787. The fourth-order valence-electron chi connectivity index (χ4n) is 23.8. The lowest BCUT2D eigenvalue weighted by Crippen LogP contribution is -2.43. The molecule has 3 fully saturated rings. The average molecular weight is 1980 g/mol. The van der Waals surface area contributed by atoms with Gasteiger partial charge in [0.05, 0.1) is 123 Å². The summed E-state index contributed by atoms with van der Waals surface area (Å²) in [5.41, 5.74) is 23.6. The number of nitrogens with two attached hydrogens (primary N) is 1. The molecule has 0 unspecified atom stereocenters. The largest absolute Gasteiger partial charge is 0.493 e. The molecule has 23 rings (SSSR count). The fourth-order valence-corrected chi connectivity index (χ4v) is 23.8. The third kappa shape index (κ3) is 16.8. The second-order valence-corrected chi connectivity index (χ2v) is 37.4. The summed E-state index contributed by atoms with van der Waals surface area (Å²) in [5.74, 6) is 9.72. The third-order valence-electron chi connectivity index (χ3n) is 30.4. The number of rotatable bonds is 23.